The molecule has 0 aromatic carbocycles. The molecular weight excluding hydrogens is 266 g/mol. The molecule has 1 aliphatic heterocycles. The van der Waals surface area contributed by atoms with Crippen LogP contribution >= 0.6 is 0 Å². The Balaban J connectivity index is 1.83. The van der Waals surface area contributed by atoms with Gasteiger partial charge >= 0.3 is 0 Å². The number of hydrogen-bond acceptors (Lipinski definition) is 4. The standard InChI is InChI=1S/C17H33NO3/c1-14(2)12-18-13-17(6-8-20-11-10-19-3)7-9-21-16(17)15-4-5-15/h14-16,18H,4-13H2,1-3H3. The van der Waals surface area contributed by atoms with Gasteiger partial charge in [-0.2, -0.15) is 0 Å². The van der Waals surface area contributed by atoms with Crippen LogP contribution in [0.15, 0.2) is 0 Å². The molecule has 0 amide bonds. The van der Waals surface area contributed by atoms with Crippen LogP contribution in [0.25, 0.3) is 0 Å². The van der Waals surface area contributed by atoms with Crippen molar-refractivity contribution in [3.05, 3.63) is 0 Å². The average molecular weight is 299 g/mol. The lowest BCUT2D eigenvalue weighted by molar-refractivity contribution is 0.00178. The van der Waals surface area contributed by atoms with Gasteiger partial charge in [-0.3, -0.25) is 0 Å². The van der Waals surface area contributed by atoms with Gasteiger partial charge in [0.15, 0.2) is 0 Å². The summed E-state index contributed by atoms with van der Waals surface area (Å²) in [5.74, 6) is 1.49. The SMILES string of the molecule is COCCOCCC1(CNCC(C)C)CCOC1C1CC1. The molecule has 4 heteroatoms. The van der Waals surface area contributed by atoms with Crippen LogP contribution in [0.5, 0.6) is 0 Å². The highest BCUT2D eigenvalue weighted by atomic mass is 16.5. The molecule has 1 saturated carbocycles. The summed E-state index contributed by atoms with van der Waals surface area (Å²) in [5, 5.41) is 3.67. The van der Waals surface area contributed by atoms with E-state index in [4.69, 9.17) is 14.2 Å². The quantitative estimate of drug-likeness (QED) is 0.595. The van der Waals surface area contributed by atoms with Crippen molar-refractivity contribution in [1.29, 1.82) is 0 Å². The van der Waals surface area contributed by atoms with Crippen molar-refractivity contribution in [3.63, 3.8) is 0 Å². The Morgan fingerprint density at radius 2 is 2.05 bits per heavy atom. The van der Waals surface area contributed by atoms with Crippen molar-refractivity contribution in [2.24, 2.45) is 17.3 Å². The van der Waals surface area contributed by atoms with Gasteiger partial charge in [-0.1, -0.05) is 13.8 Å². The molecule has 2 atom stereocenters. The third-order valence-corrected chi connectivity index (χ3v) is 4.76. The van der Waals surface area contributed by atoms with Crippen LogP contribution in [-0.4, -0.2) is 52.7 Å². The summed E-state index contributed by atoms with van der Waals surface area (Å²) >= 11 is 0. The fourth-order valence-electron chi connectivity index (χ4n) is 3.42. The normalized spacial score (nSPS) is 29.4. The molecule has 2 unspecified atom stereocenters. The third kappa shape index (κ3) is 5.20. The molecule has 21 heavy (non-hydrogen) atoms. The monoisotopic (exact) mass is 299 g/mol. The summed E-state index contributed by atoms with van der Waals surface area (Å²) in [7, 11) is 1.72. The first-order valence-corrected chi connectivity index (χ1v) is 8.57. The van der Waals surface area contributed by atoms with Gasteiger partial charge in [-0.05, 0) is 44.1 Å². The molecule has 2 rings (SSSR count). The fourth-order valence-corrected chi connectivity index (χ4v) is 3.42. The van der Waals surface area contributed by atoms with E-state index in [-0.39, 0.29) is 5.41 Å². The van der Waals surface area contributed by atoms with Gasteiger partial charge in [-0.15, -0.1) is 0 Å². The molecule has 0 aromatic rings. The lowest BCUT2D eigenvalue weighted by atomic mass is 9.76. The minimum atomic E-state index is 0.281. The molecule has 124 valence electrons. The zero-order chi connectivity index (χ0) is 15.1. The van der Waals surface area contributed by atoms with E-state index >= 15 is 0 Å². The maximum absolute atomic E-state index is 6.11. The molecule has 1 aliphatic carbocycles. The molecule has 2 aliphatic rings. The number of methoxy groups -OCH3 is 1. The Kier molecular flexibility index (Phi) is 6.93. The molecule has 0 bridgehead atoms. The molecule has 1 saturated heterocycles. The van der Waals surface area contributed by atoms with E-state index < -0.39 is 0 Å². The summed E-state index contributed by atoms with van der Waals surface area (Å²) in [6.07, 6.45) is 5.42. The Morgan fingerprint density at radius 1 is 1.24 bits per heavy atom. The van der Waals surface area contributed by atoms with Crippen molar-refractivity contribution in [2.75, 3.05) is 46.6 Å². The van der Waals surface area contributed by atoms with Crippen LogP contribution in [0.1, 0.15) is 39.5 Å². The Morgan fingerprint density at radius 3 is 2.71 bits per heavy atom. The van der Waals surface area contributed by atoms with Gasteiger partial charge in [0, 0.05) is 32.3 Å². The van der Waals surface area contributed by atoms with Gasteiger partial charge in [-0.25, -0.2) is 0 Å². The summed E-state index contributed by atoms with van der Waals surface area (Å²) in [5.41, 5.74) is 0.281. The molecular formula is C17H33NO3. The van der Waals surface area contributed by atoms with Crippen molar-refractivity contribution in [2.45, 2.75) is 45.6 Å². The first-order valence-electron chi connectivity index (χ1n) is 8.57. The average Bonchev–Trinajstić information content (AvgIpc) is 3.20. The maximum atomic E-state index is 6.11. The minimum absolute atomic E-state index is 0.281. The summed E-state index contributed by atoms with van der Waals surface area (Å²) in [6, 6.07) is 0. The highest BCUT2D eigenvalue weighted by Gasteiger charge is 2.50. The summed E-state index contributed by atoms with van der Waals surface area (Å²) in [4.78, 5) is 0. The van der Waals surface area contributed by atoms with E-state index in [0.29, 0.717) is 25.2 Å². The molecule has 0 radical (unpaired) electrons. The highest BCUT2D eigenvalue weighted by Crippen LogP contribution is 2.49. The lowest BCUT2D eigenvalue weighted by Gasteiger charge is -2.35. The van der Waals surface area contributed by atoms with Crippen molar-refractivity contribution in [1.82, 2.24) is 5.32 Å². The van der Waals surface area contributed by atoms with Gasteiger partial charge in [0.1, 0.15) is 0 Å². The smallest absolute Gasteiger partial charge is 0.0700 e. The first-order chi connectivity index (χ1) is 10.2. The topological polar surface area (TPSA) is 39.7 Å². The van der Waals surface area contributed by atoms with Gasteiger partial charge in [0.25, 0.3) is 0 Å². The second kappa shape index (κ2) is 8.47. The van der Waals surface area contributed by atoms with Crippen LogP contribution < -0.4 is 5.32 Å². The zero-order valence-corrected chi connectivity index (χ0v) is 14.0. The van der Waals surface area contributed by atoms with Gasteiger partial charge in [0.05, 0.1) is 19.3 Å². The highest BCUT2D eigenvalue weighted by molar-refractivity contribution is 5.00. The minimum Gasteiger partial charge on any atom is -0.382 e. The molecule has 2 fully saturated rings. The first kappa shape index (κ1) is 17.2. The molecule has 1 heterocycles. The van der Waals surface area contributed by atoms with Crippen LogP contribution in [0.4, 0.5) is 0 Å². The third-order valence-electron chi connectivity index (χ3n) is 4.76. The van der Waals surface area contributed by atoms with E-state index in [2.05, 4.69) is 19.2 Å². The van der Waals surface area contributed by atoms with Gasteiger partial charge < -0.3 is 19.5 Å². The van der Waals surface area contributed by atoms with Crippen molar-refractivity contribution >= 4 is 0 Å². The van der Waals surface area contributed by atoms with Crippen LogP contribution in [-0.2, 0) is 14.2 Å². The Hall–Kier alpha value is -0.160. The second-order valence-electron chi connectivity index (χ2n) is 7.12. The Labute approximate surface area is 129 Å². The Bertz CT molecular complexity index is 294. The van der Waals surface area contributed by atoms with Crippen molar-refractivity contribution in [3.8, 4) is 0 Å². The maximum Gasteiger partial charge on any atom is 0.0700 e. The van der Waals surface area contributed by atoms with Gasteiger partial charge in [0.2, 0.25) is 0 Å². The number of ether oxygens (including phenoxy) is 3. The zero-order valence-electron chi connectivity index (χ0n) is 14.0. The van der Waals surface area contributed by atoms with E-state index in [1.165, 1.54) is 19.3 Å². The molecule has 0 spiro atoms. The van der Waals surface area contributed by atoms with Crippen LogP contribution in [0.3, 0.4) is 0 Å². The second-order valence-corrected chi connectivity index (χ2v) is 7.12. The molecule has 1 N–H and O–H groups in total. The predicted octanol–water partition coefficient (Wildman–Crippen LogP) is 2.47. The number of rotatable bonds is 11. The fraction of sp³-hybridized carbons (Fsp3) is 1.00. The van der Waals surface area contributed by atoms with Crippen LogP contribution in [0.2, 0.25) is 0 Å². The predicted molar refractivity (Wildman–Crippen MR) is 84.5 cm³/mol. The van der Waals surface area contributed by atoms with E-state index in [0.717, 1.165) is 38.6 Å². The largest absolute Gasteiger partial charge is 0.382 e. The number of nitrogens with one attached hydrogen (secondary N) is 1. The van der Waals surface area contributed by atoms with Crippen LogP contribution in [0, 0.1) is 17.3 Å². The number of hydrogen-bond donors (Lipinski definition) is 1. The molecule has 4 nitrogen and oxygen atoms in total. The lowest BCUT2D eigenvalue weighted by Crippen LogP contribution is -2.43. The molecule has 0 aromatic heterocycles. The summed E-state index contributed by atoms with van der Waals surface area (Å²) in [6.45, 7) is 9.79. The van der Waals surface area contributed by atoms with E-state index in [9.17, 15) is 0 Å². The van der Waals surface area contributed by atoms with E-state index in [1.807, 2.05) is 0 Å². The van der Waals surface area contributed by atoms with E-state index in [1.54, 1.807) is 7.11 Å². The van der Waals surface area contributed by atoms with Crippen molar-refractivity contribution < 1.29 is 14.2 Å². The summed E-state index contributed by atoms with van der Waals surface area (Å²) < 4.78 is 16.9.